The van der Waals surface area contributed by atoms with Crippen LogP contribution >= 0.6 is 11.6 Å². The topological polar surface area (TPSA) is 15.3 Å². The number of nitrogens with zero attached hydrogens (tertiary/aromatic N) is 1. The van der Waals surface area contributed by atoms with Gasteiger partial charge in [-0.05, 0) is 44.2 Å². The Morgan fingerprint density at radius 2 is 1.76 bits per heavy atom. The van der Waals surface area contributed by atoms with Gasteiger partial charge in [0.25, 0.3) is 0 Å². The quantitative estimate of drug-likeness (QED) is 0.832. The Morgan fingerprint density at radius 3 is 2.29 bits per heavy atom. The van der Waals surface area contributed by atoms with E-state index in [2.05, 4.69) is 38.0 Å². The molecule has 2 nitrogen and oxygen atoms in total. The predicted molar refractivity (Wildman–Crippen MR) is 76.9 cm³/mol. The van der Waals surface area contributed by atoms with E-state index in [0.29, 0.717) is 12.0 Å². The summed E-state index contributed by atoms with van der Waals surface area (Å²) < 4.78 is 0. The van der Waals surface area contributed by atoms with E-state index in [-0.39, 0.29) is 0 Å². The summed E-state index contributed by atoms with van der Waals surface area (Å²) >= 11 is 5.84. The van der Waals surface area contributed by atoms with Crippen molar-refractivity contribution in [1.29, 1.82) is 0 Å². The van der Waals surface area contributed by atoms with E-state index in [4.69, 9.17) is 11.6 Å². The smallest absolute Gasteiger partial charge is 0.0407 e. The minimum atomic E-state index is 0.613. The average molecular weight is 255 g/mol. The Kier molecular flexibility index (Phi) is 5.79. The molecule has 0 amide bonds. The second-order valence-electron chi connectivity index (χ2n) is 4.90. The van der Waals surface area contributed by atoms with E-state index in [1.807, 2.05) is 24.3 Å². The number of anilines is 1. The highest BCUT2D eigenvalue weighted by Crippen LogP contribution is 2.13. The van der Waals surface area contributed by atoms with Gasteiger partial charge >= 0.3 is 0 Å². The first-order valence-electron chi connectivity index (χ1n) is 6.20. The van der Waals surface area contributed by atoms with Crippen molar-refractivity contribution >= 4 is 17.3 Å². The van der Waals surface area contributed by atoms with E-state index >= 15 is 0 Å². The molecule has 3 heteroatoms. The maximum atomic E-state index is 5.84. The summed E-state index contributed by atoms with van der Waals surface area (Å²) in [5, 5.41) is 4.18. The lowest BCUT2D eigenvalue weighted by Crippen LogP contribution is -2.36. The molecule has 0 spiro atoms. The highest BCUT2D eigenvalue weighted by atomic mass is 35.5. The van der Waals surface area contributed by atoms with Gasteiger partial charge in [-0.15, -0.1) is 0 Å². The Bertz CT molecular complexity index is 321. The molecule has 1 unspecified atom stereocenters. The van der Waals surface area contributed by atoms with Gasteiger partial charge in [0.2, 0.25) is 0 Å². The molecule has 0 saturated carbocycles. The zero-order valence-electron chi connectivity index (χ0n) is 11.2. The fourth-order valence-corrected chi connectivity index (χ4v) is 1.78. The lowest BCUT2D eigenvalue weighted by atomic mass is 10.1. The molecule has 1 N–H and O–H groups in total. The molecular formula is C14H23ClN2. The van der Waals surface area contributed by atoms with Crippen LogP contribution in [0.5, 0.6) is 0 Å². The third-order valence-electron chi connectivity index (χ3n) is 3.30. The Hall–Kier alpha value is -0.730. The van der Waals surface area contributed by atoms with E-state index in [0.717, 1.165) is 23.8 Å². The van der Waals surface area contributed by atoms with Crippen LogP contribution in [0.2, 0.25) is 5.02 Å². The molecule has 96 valence electrons. The molecule has 0 bridgehead atoms. The summed E-state index contributed by atoms with van der Waals surface area (Å²) in [6.45, 7) is 8.78. The number of nitrogens with one attached hydrogen (secondary N) is 1. The Morgan fingerprint density at radius 1 is 1.18 bits per heavy atom. The summed E-state index contributed by atoms with van der Waals surface area (Å²) in [4.78, 5) is 2.38. The molecule has 1 rings (SSSR count). The van der Waals surface area contributed by atoms with Crippen molar-refractivity contribution in [3.05, 3.63) is 29.3 Å². The van der Waals surface area contributed by atoms with Crippen molar-refractivity contribution < 1.29 is 0 Å². The number of halogens is 1. The van der Waals surface area contributed by atoms with Gasteiger partial charge in [0.15, 0.2) is 0 Å². The Balaban J connectivity index is 2.30. The molecule has 0 fully saturated rings. The molecule has 0 radical (unpaired) electrons. The number of rotatable bonds is 6. The number of benzene rings is 1. The van der Waals surface area contributed by atoms with Gasteiger partial charge in [0.05, 0.1) is 0 Å². The van der Waals surface area contributed by atoms with Crippen molar-refractivity contribution in [3.8, 4) is 0 Å². The molecule has 1 aromatic carbocycles. The summed E-state index contributed by atoms with van der Waals surface area (Å²) in [7, 11) is 2.17. The molecule has 0 saturated heterocycles. The van der Waals surface area contributed by atoms with E-state index in [1.165, 1.54) is 0 Å². The van der Waals surface area contributed by atoms with Crippen molar-refractivity contribution in [2.75, 3.05) is 25.5 Å². The van der Waals surface area contributed by atoms with Crippen LogP contribution in [0.1, 0.15) is 20.8 Å². The summed E-state index contributed by atoms with van der Waals surface area (Å²) in [5.41, 5.74) is 1.13. The second-order valence-corrected chi connectivity index (χ2v) is 5.34. The number of likely N-dealkylation sites (N-methyl/N-ethyl adjacent to an activating group) is 1. The zero-order chi connectivity index (χ0) is 12.8. The summed E-state index contributed by atoms with van der Waals surface area (Å²) in [6.07, 6.45) is 0. The molecular weight excluding hydrogens is 232 g/mol. The summed E-state index contributed by atoms with van der Waals surface area (Å²) in [5.74, 6) is 0.690. The maximum absolute atomic E-state index is 5.84. The molecule has 0 aliphatic rings. The maximum Gasteiger partial charge on any atom is 0.0407 e. The van der Waals surface area contributed by atoms with Gasteiger partial charge in [0, 0.05) is 29.8 Å². The standard InChI is InChI=1S/C14H23ClN2/c1-11(2)12(3)17(4)10-9-16-14-7-5-13(15)6-8-14/h5-8,11-12,16H,9-10H2,1-4H3. The first kappa shape index (κ1) is 14.3. The van der Waals surface area contributed by atoms with Crippen LogP contribution in [0.15, 0.2) is 24.3 Å². The molecule has 1 atom stereocenters. The lowest BCUT2D eigenvalue weighted by molar-refractivity contribution is 0.215. The van der Waals surface area contributed by atoms with Crippen LogP contribution in [-0.2, 0) is 0 Å². The predicted octanol–water partition coefficient (Wildman–Crippen LogP) is 3.73. The van der Waals surface area contributed by atoms with Crippen LogP contribution in [0.4, 0.5) is 5.69 Å². The van der Waals surface area contributed by atoms with Crippen molar-refractivity contribution in [2.45, 2.75) is 26.8 Å². The van der Waals surface area contributed by atoms with Crippen LogP contribution in [0, 0.1) is 5.92 Å². The number of hydrogen-bond acceptors (Lipinski definition) is 2. The zero-order valence-corrected chi connectivity index (χ0v) is 12.0. The minimum Gasteiger partial charge on any atom is -0.384 e. The monoisotopic (exact) mass is 254 g/mol. The normalized spacial score (nSPS) is 13.1. The highest BCUT2D eigenvalue weighted by Gasteiger charge is 2.11. The first-order valence-corrected chi connectivity index (χ1v) is 6.58. The van der Waals surface area contributed by atoms with E-state index in [1.54, 1.807) is 0 Å². The molecule has 0 aliphatic carbocycles. The second kappa shape index (κ2) is 6.87. The van der Waals surface area contributed by atoms with Crippen molar-refractivity contribution in [2.24, 2.45) is 5.92 Å². The van der Waals surface area contributed by atoms with Gasteiger partial charge in [-0.1, -0.05) is 25.4 Å². The van der Waals surface area contributed by atoms with E-state index < -0.39 is 0 Å². The van der Waals surface area contributed by atoms with Crippen molar-refractivity contribution in [1.82, 2.24) is 4.90 Å². The largest absolute Gasteiger partial charge is 0.384 e. The lowest BCUT2D eigenvalue weighted by Gasteiger charge is -2.27. The SMILES string of the molecule is CC(C)C(C)N(C)CCNc1ccc(Cl)cc1. The third kappa shape index (κ3) is 4.97. The van der Waals surface area contributed by atoms with Gasteiger partial charge < -0.3 is 10.2 Å². The molecule has 1 aromatic rings. The van der Waals surface area contributed by atoms with Crippen LogP contribution in [0.25, 0.3) is 0 Å². The Labute approximate surface area is 110 Å². The summed E-state index contributed by atoms with van der Waals surface area (Å²) in [6, 6.07) is 8.44. The molecule has 17 heavy (non-hydrogen) atoms. The first-order chi connectivity index (χ1) is 8.00. The van der Waals surface area contributed by atoms with Gasteiger partial charge in [-0.3, -0.25) is 0 Å². The van der Waals surface area contributed by atoms with E-state index in [9.17, 15) is 0 Å². The van der Waals surface area contributed by atoms with Crippen LogP contribution in [0.3, 0.4) is 0 Å². The number of hydrogen-bond donors (Lipinski definition) is 1. The van der Waals surface area contributed by atoms with Crippen LogP contribution < -0.4 is 5.32 Å². The van der Waals surface area contributed by atoms with Gasteiger partial charge in [-0.25, -0.2) is 0 Å². The van der Waals surface area contributed by atoms with Crippen LogP contribution in [-0.4, -0.2) is 31.1 Å². The third-order valence-corrected chi connectivity index (χ3v) is 3.55. The van der Waals surface area contributed by atoms with Gasteiger partial charge in [0.1, 0.15) is 0 Å². The van der Waals surface area contributed by atoms with Gasteiger partial charge in [-0.2, -0.15) is 0 Å². The van der Waals surface area contributed by atoms with Crippen molar-refractivity contribution in [3.63, 3.8) is 0 Å². The molecule has 0 aromatic heterocycles. The molecule has 0 aliphatic heterocycles. The fourth-order valence-electron chi connectivity index (χ4n) is 1.66. The highest BCUT2D eigenvalue weighted by molar-refractivity contribution is 6.30. The molecule has 0 heterocycles. The minimum absolute atomic E-state index is 0.613. The average Bonchev–Trinajstić information content (AvgIpc) is 2.30. The fraction of sp³-hybridized carbons (Fsp3) is 0.571.